The third-order valence-corrected chi connectivity index (χ3v) is 4.02. The van der Waals surface area contributed by atoms with E-state index in [4.69, 9.17) is 5.73 Å². The van der Waals surface area contributed by atoms with Crippen LogP contribution in [-0.4, -0.2) is 40.1 Å². The van der Waals surface area contributed by atoms with E-state index >= 15 is 0 Å². The van der Waals surface area contributed by atoms with Crippen LogP contribution < -0.4 is 16.4 Å². The maximum absolute atomic E-state index is 12.4. The minimum atomic E-state index is -0.296. The number of benzene rings is 1. The Hall–Kier alpha value is -3.68. The average Bonchev–Trinajstić information content (AvgIpc) is 3.15. The number of carbonyl (C=O) groups is 1. The number of hydrogen-bond acceptors (Lipinski definition) is 6. The van der Waals surface area contributed by atoms with Gasteiger partial charge in [-0.2, -0.15) is 0 Å². The number of fused-ring (bicyclic) bond motifs is 1. The number of hydrogen-bond donors (Lipinski definition) is 3. The van der Waals surface area contributed by atoms with Gasteiger partial charge in [-0.1, -0.05) is 30.3 Å². The summed E-state index contributed by atoms with van der Waals surface area (Å²) in [5.41, 5.74) is 9.14. The smallest absolute Gasteiger partial charge is 0.269 e. The molecular formula is C19H21N7O. The fraction of sp³-hybridized carbons (Fsp3) is 0.158. The first-order valence-electron chi connectivity index (χ1n) is 8.40. The molecule has 0 aliphatic rings. The fourth-order valence-corrected chi connectivity index (χ4v) is 2.63. The standard InChI is InChI=1S/C19H21N7O/c1-21-15(19(27)25-11-13-6-4-3-5-7-13)10-14(20)16-12-24-18-17(22-2)23-8-9-26(16)18/h3-10,12H,11,20H2,1-2H3,(H,22,23)(H,25,27)/b14-10-,21-15?. The molecule has 2 aromatic heterocycles. The second kappa shape index (κ2) is 8.13. The van der Waals surface area contributed by atoms with Gasteiger partial charge in [0.1, 0.15) is 5.71 Å². The normalized spacial score (nSPS) is 12.2. The predicted octanol–water partition coefficient (Wildman–Crippen LogP) is 1.46. The number of rotatable bonds is 6. The van der Waals surface area contributed by atoms with Crippen LogP contribution in [0, 0.1) is 0 Å². The van der Waals surface area contributed by atoms with Crippen LogP contribution in [0.25, 0.3) is 11.3 Å². The van der Waals surface area contributed by atoms with Crippen LogP contribution in [0.3, 0.4) is 0 Å². The number of carbonyl (C=O) groups excluding carboxylic acids is 1. The summed E-state index contributed by atoms with van der Waals surface area (Å²) >= 11 is 0. The van der Waals surface area contributed by atoms with Crippen molar-refractivity contribution in [2.24, 2.45) is 10.7 Å². The Morgan fingerprint density at radius 3 is 2.78 bits per heavy atom. The lowest BCUT2D eigenvalue weighted by Crippen LogP contribution is -2.30. The number of nitrogens with one attached hydrogen (secondary N) is 2. The molecule has 8 nitrogen and oxygen atoms in total. The second-order valence-corrected chi connectivity index (χ2v) is 5.74. The summed E-state index contributed by atoms with van der Waals surface area (Å²) in [7, 11) is 3.33. The molecule has 1 amide bonds. The Morgan fingerprint density at radius 2 is 2.07 bits per heavy atom. The molecule has 8 heteroatoms. The lowest BCUT2D eigenvalue weighted by atomic mass is 10.2. The first-order valence-corrected chi connectivity index (χ1v) is 8.40. The molecule has 0 fully saturated rings. The molecule has 0 saturated heterocycles. The summed E-state index contributed by atoms with van der Waals surface area (Å²) in [5, 5.41) is 5.83. The van der Waals surface area contributed by atoms with Gasteiger partial charge in [0.25, 0.3) is 5.91 Å². The van der Waals surface area contributed by atoms with Crippen LogP contribution in [0.2, 0.25) is 0 Å². The van der Waals surface area contributed by atoms with Crippen molar-refractivity contribution in [1.82, 2.24) is 19.7 Å². The summed E-state index contributed by atoms with van der Waals surface area (Å²) in [4.78, 5) is 25.0. The molecule has 1 aromatic carbocycles. The summed E-state index contributed by atoms with van der Waals surface area (Å²) in [6.45, 7) is 0.416. The molecule has 0 radical (unpaired) electrons. The van der Waals surface area contributed by atoms with E-state index in [0.717, 1.165) is 5.56 Å². The first-order chi connectivity index (χ1) is 13.1. The predicted molar refractivity (Wildman–Crippen MR) is 106 cm³/mol. The number of aromatic nitrogens is 3. The van der Waals surface area contributed by atoms with Crippen molar-refractivity contribution in [2.75, 3.05) is 19.4 Å². The number of nitrogens with two attached hydrogens (primary N) is 1. The van der Waals surface area contributed by atoms with Crippen LogP contribution in [-0.2, 0) is 11.3 Å². The van der Waals surface area contributed by atoms with Gasteiger partial charge in [0, 0.05) is 33.0 Å². The number of anilines is 1. The molecule has 4 N–H and O–H groups in total. The van der Waals surface area contributed by atoms with Crippen molar-refractivity contribution in [3.8, 4) is 0 Å². The van der Waals surface area contributed by atoms with E-state index in [1.807, 2.05) is 30.3 Å². The Bertz CT molecular complexity index is 1010. The van der Waals surface area contributed by atoms with Gasteiger partial charge in [-0.3, -0.25) is 14.2 Å². The summed E-state index contributed by atoms with van der Waals surface area (Å²) in [5.74, 6) is 0.345. The molecular weight excluding hydrogens is 342 g/mol. The number of amides is 1. The monoisotopic (exact) mass is 363 g/mol. The van der Waals surface area contributed by atoms with Crippen molar-refractivity contribution >= 4 is 28.8 Å². The van der Waals surface area contributed by atoms with Crippen LogP contribution in [0.1, 0.15) is 11.3 Å². The minimum Gasteiger partial charge on any atom is -0.397 e. The van der Waals surface area contributed by atoms with E-state index in [9.17, 15) is 4.79 Å². The molecule has 0 bridgehead atoms. The van der Waals surface area contributed by atoms with Crippen LogP contribution in [0.15, 0.2) is 60.0 Å². The van der Waals surface area contributed by atoms with Gasteiger partial charge >= 0.3 is 0 Å². The zero-order valence-electron chi connectivity index (χ0n) is 15.2. The Balaban J connectivity index is 1.80. The maximum Gasteiger partial charge on any atom is 0.269 e. The molecule has 0 spiro atoms. The molecule has 0 atom stereocenters. The van der Waals surface area contributed by atoms with E-state index in [1.165, 1.54) is 0 Å². The molecule has 0 aliphatic heterocycles. The van der Waals surface area contributed by atoms with E-state index in [1.54, 1.807) is 43.2 Å². The average molecular weight is 363 g/mol. The van der Waals surface area contributed by atoms with Gasteiger partial charge < -0.3 is 16.4 Å². The van der Waals surface area contributed by atoms with Gasteiger partial charge in [0.05, 0.1) is 17.6 Å². The molecule has 0 saturated carbocycles. The third-order valence-electron chi connectivity index (χ3n) is 4.02. The second-order valence-electron chi connectivity index (χ2n) is 5.74. The lowest BCUT2D eigenvalue weighted by molar-refractivity contribution is -0.114. The van der Waals surface area contributed by atoms with Crippen LogP contribution in [0.5, 0.6) is 0 Å². The molecule has 3 aromatic rings. The van der Waals surface area contributed by atoms with E-state index < -0.39 is 0 Å². The van der Waals surface area contributed by atoms with Crippen LogP contribution in [0.4, 0.5) is 5.82 Å². The molecule has 2 heterocycles. The van der Waals surface area contributed by atoms with E-state index in [-0.39, 0.29) is 11.6 Å². The topological polar surface area (TPSA) is 110 Å². The molecule has 3 rings (SSSR count). The number of imidazole rings is 1. The third kappa shape index (κ3) is 3.95. The zero-order valence-corrected chi connectivity index (χ0v) is 15.2. The van der Waals surface area contributed by atoms with Gasteiger partial charge in [0.15, 0.2) is 11.5 Å². The summed E-state index contributed by atoms with van der Waals surface area (Å²) in [6, 6.07) is 9.66. The van der Waals surface area contributed by atoms with Crippen molar-refractivity contribution in [1.29, 1.82) is 0 Å². The molecule has 27 heavy (non-hydrogen) atoms. The van der Waals surface area contributed by atoms with Gasteiger partial charge in [-0.15, -0.1) is 0 Å². The molecule has 138 valence electrons. The summed E-state index contributed by atoms with van der Waals surface area (Å²) < 4.78 is 1.81. The molecule has 0 unspecified atom stereocenters. The van der Waals surface area contributed by atoms with Crippen molar-refractivity contribution in [2.45, 2.75) is 6.54 Å². The van der Waals surface area contributed by atoms with Crippen molar-refractivity contribution < 1.29 is 4.79 Å². The highest BCUT2D eigenvalue weighted by atomic mass is 16.1. The van der Waals surface area contributed by atoms with E-state index in [2.05, 4.69) is 25.6 Å². The Morgan fingerprint density at radius 1 is 1.30 bits per heavy atom. The first kappa shape index (κ1) is 18.1. The fourth-order valence-electron chi connectivity index (χ4n) is 2.63. The largest absolute Gasteiger partial charge is 0.397 e. The van der Waals surface area contributed by atoms with Crippen molar-refractivity contribution in [3.05, 3.63) is 66.3 Å². The van der Waals surface area contributed by atoms with Crippen LogP contribution >= 0.6 is 0 Å². The zero-order chi connectivity index (χ0) is 19.2. The van der Waals surface area contributed by atoms with Gasteiger partial charge in [-0.25, -0.2) is 9.97 Å². The summed E-state index contributed by atoms with van der Waals surface area (Å²) in [6.07, 6.45) is 6.60. The number of nitrogens with zero attached hydrogens (tertiary/aromatic N) is 4. The van der Waals surface area contributed by atoms with Gasteiger partial charge in [0.2, 0.25) is 0 Å². The SMILES string of the molecule is CN=C(/C=C(\N)c1cnc2c(NC)nccn12)C(=O)NCc1ccccc1. The highest BCUT2D eigenvalue weighted by Gasteiger charge is 2.13. The van der Waals surface area contributed by atoms with Crippen molar-refractivity contribution in [3.63, 3.8) is 0 Å². The quantitative estimate of drug-likeness (QED) is 0.574. The lowest BCUT2D eigenvalue weighted by Gasteiger charge is -2.07. The van der Waals surface area contributed by atoms with Gasteiger partial charge in [-0.05, 0) is 11.6 Å². The maximum atomic E-state index is 12.4. The van der Waals surface area contributed by atoms with E-state index in [0.29, 0.717) is 29.4 Å². The number of aliphatic imine (C=N–C) groups is 1. The molecule has 0 aliphatic carbocycles. The Labute approximate surface area is 156 Å². The highest BCUT2D eigenvalue weighted by molar-refractivity contribution is 6.44. The Kier molecular flexibility index (Phi) is 5.46. The highest BCUT2D eigenvalue weighted by Crippen LogP contribution is 2.17. The minimum absolute atomic E-state index is 0.237.